The van der Waals surface area contributed by atoms with Crippen LogP contribution in [0.2, 0.25) is 0 Å². The molecule has 0 saturated carbocycles. The highest BCUT2D eigenvalue weighted by Gasteiger charge is 2.19. The molecule has 3 rings (SSSR count). The molecule has 1 amide bonds. The van der Waals surface area contributed by atoms with Gasteiger partial charge in [0.05, 0.1) is 6.04 Å². The quantitative estimate of drug-likeness (QED) is 0.731. The molecule has 24 heavy (non-hydrogen) atoms. The van der Waals surface area contributed by atoms with Crippen molar-refractivity contribution in [2.75, 3.05) is 0 Å². The first-order chi connectivity index (χ1) is 11.6. The topological polar surface area (TPSA) is 76.9 Å². The van der Waals surface area contributed by atoms with Crippen molar-refractivity contribution in [3.63, 3.8) is 0 Å². The fourth-order valence-corrected chi connectivity index (χ4v) is 3.81. The summed E-state index contributed by atoms with van der Waals surface area (Å²) in [5, 5.41) is 9.89. The summed E-state index contributed by atoms with van der Waals surface area (Å²) in [7, 11) is 0. The molecule has 0 spiro atoms. The molecule has 0 aliphatic heterocycles. The Hall–Kier alpha value is -2.32. The van der Waals surface area contributed by atoms with E-state index in [-0.39, 0.29) is 18.5 Å². The zero-order valence-electron chi connectivity index (χ0n) is 13.0. The summed E-state index contributed by atoms with van der Waals surface area (Å²) in [5.41, 5.74) is 1.65. The Balaban J connectivity index is 1.74. The molecule has 0 fully saturated rings. The van der Waals surface area contributed by atoms with Gasteiger partial charge in [0.15, 0.2) is 0 Å². The summed E-state index contributed by atoms with van der Waals surface area (Å²) in [4.78, 5) is 32.1. The summed E-state index contributed by atoms with van der Waals surface area (Å²) in [6, 6.07) is 3.45. The van der Waals surface area contributed by atoms with E-state index < -0.39 is 5.69 Å². The highest BCUT2D eigenvalue weighted by atomic mass is 32.1. The van der Waals surface area contributed by atoms with Gasteiger partial charge in [-0.15, -0.1) is 11.3 Å². The van der Waals surface area contributed by atoms with Crippen LogP contribution in [0.15, 0.2) is 45.5 Å². The van der Waals surface area contributed by atoms with Gasteiger partial charge in [-0.2, -0.15) is 11.3 Å². The number of carbonyl (C=O) groups excluding carboxylic acids is 1. The lowest BCUT2D eigenvalue weighted by Gasteiger charge is -2.16. The molecule has 1 N–H and O–H groups in total. The van der Waals surface area contributed by atoms with Crippen LogP contribution in [0.1, 0.15) is 22.3 Å². The summed E-state index contributed by atoms with van der Waals surface area (Å²) < 4.78 is 1.28. The van der Waals surface area contributed by atoms with Crippen molar-refractivity contribution in [3.8, 4) is 0 Å². The van der Waals surface area contributed by atoms with E-state index in [1.807, 2.05) is 23.8 Å². The largest absolute Gasteiger partial charge is 0.347 e. The second kappa shape index (κ2) is 7.50. The van der Waals surface area contributed by atoms with E-state index in [0.717, 1.165) is 16.3 Å². The minimum absolute atomic E-state index is 0.0584. The maximum absolute atomic E-state index is 12.4. The van der Waals surface area contributed by atoms with Crippen molar-refractivity contribution in [3.05, 3.63) is 67.4 Å². The number of hydrogen-bond acceptors (Lipinski definition) is 6. The third kappa shape index (κ3) is 4.15. The third-order valence-electron chi connectivity index (χ3n) is 3.39. The second-order valence-corrected chi connectivity index (χ2v) is 6.98. The Morgan fingerprint density at radius 3 is 2.96 bits per heavy atom. The lowest BCUT2D eigenvalue weighted by Crippen LogP contribution is -2.35. The predicted molar refractivity (Wildman–Crippen MR) is 94.3 cm³/mol. The molecule has 6 nitrogen and oxygen atoms in total. The van der Waals surface area contributed by atoms with Crippen molar-refractivity contribution in [2.24, 2.45) is 0 Å². The zero-order valence-corrected chi connectivity index (χ0v) is 14.6. The molecule has 0 bridgehead atoms. The molecule has 0 radical (unpaired) electrons. The van der Waals surface area contributed by atoms with Gasteiger partial charge in [-0.3, -0.25) is 9.36 Å². The van der Waals surface area contributed by atoms with Crippen LogP contribution in [0, 0.1) is 6.92 Å². The molecule has 0 saturated heterocycles. The molecule has 0 aliphatic rings. The van der Waals surface area contributed by atoms with Crippen molar-refractivity contribution >= 4 is 28.6 Å². The van der Waals surface area contributed by atoms with Crippen LogP contribution in [0.4, 0.5) is 0 Å². The minimum Gasteiger partial charge on any atom is -0.345 e. The van der Waals surface area contributed by atoms with Crippen LogP contribution < -0.4 is 11.0 Å². The number of nitrogens with one attached hydrogen (secondary N) is 1. The van der Waals surface area contributed by atoms with E-state index in [0.29, 0.717) is 6.42 Å². The van der Waals surface area contributed by atoms with Gasteiger partial charge < -0.3 is 5.32 Å². The predicted octanol–water partition coefficient (Wildman–Crippen LogP) is 2.17. The Labute approximate surface area is 146 Å². The summed E-state index contributed by atoms with van der Waals surface area (Å²) >= 11 is 3.15. The van der Waals surface area contributed by atoms with Crippen LogP contribution in [0.3, 0.4) is 0 Å². The summed E-state index contributed by atoms with van der Waals surface area (Å²) in [6.45, 7) is 1.87. The number of thiazole rings is 1. The molecule has 124 valence electrons. The van der Waals surface area contributed by atoms with Crippen LogP contribution in [-0.2, 0) is 17.8 Å². The van der Waals surface area contributed by atoms with Gasteiger partial charge in [-0.1, -0.05) is 0 Å². The molecular formula is C16H16N4O2S2. The first-order valence-corrected chi connectivity index (χ1v) is 9.18. The average Bonchev–Trinajstić information content (AvgIpc) is 3.20. The Kier molecular flexibility index (Phi) is 5.17. The minimum atomic E-state index is -0.438. The van der Waals surface area contributed by atoms with Crippen LogP contribution in [0.25, 0.3) is 0 Å². The number of hydrogen-bond donors (Lipinski definition) is 1. The van der Waals surface area contributed by atoms with Gasteiger partial charge in [-0.25, -0.2) is 14.8 Å². The molecule has 3 aromatic heterocycles. The average molecular weight is 360 g/mol. The van der Waals surface area contributed by atoms with Crippen LogP contribution in [-0.4, -0.2) is 20.4 Å². The fraction of sp³-hybridized carbons (Fsp3) is 0.250. The fourth-order valence-electron chi connectivity index (χ4n) is 2.28. The Bertz CT molecular complexity index is 870. The van der Waals surface area contributed by atoms with Crippen molar-refractivity contribution in [2.45, 2.75) is 25.9 Å². The first kappa shape index (κ1) is 16.5. The van der Waals surface area contributed by atoms with Gasteiger partial charge in [-0.05, 0) is 35.4 Å². The van der Waals surface area contributed by atoms with E-state index in [1.54, 1.807) is 23.6 Å². The lowest BCUT2D eigenvalue weighted by atomic mass is 10.1. The van der Waals surface area contributed by atoms with E-state index >= 15 is 0 Å². The van der Waals surface area contributed by atoms with Crippen LogP contribution >= 0.6 is 22.7 Å². The normalized spacial score (nSPS) is 12.0. The van der Waals surface area contributed by atoms with Crippen molar-refractivity contribution < 1.29 is 4.79 Å². The number of rotatable bonds is 6. The number of aryl methyl sites for hydroxylation is 1. The van der Waals surface area contributed by atoms with Gasteiger partial charge in [0.1, 0.15) is 11.6 Å². The van der Waals surface area contributed by atoms with E-state index in [4.69, 9.17) is 0 Å². The maximum atomic E-state index is 12.4. The monoisotopic (exact) mass is 360 g/mol. The zero-order chi connectivity index (χ0) is 16.9. The highest BCUT2D eigenvalue weighted by Crippen LogP contribution is 2.23. The van der Waals surface area contributed by atoms with Crippen LogP contribution in [0.5, 0.6) is 0 Å². The van der Waals surface area contributed by atoms with Gasteiger partial charge >= 0.3 is 5.69 Å². The highest BCUT2D eigenvalue weighted by molar-refractivity contribution is 7.09. The molecule has 3 heterocycles. The smallest absolute Gasteiger partial charge is 0.345 e. The number of carbonyl (C=O) groups is 1. The molecule has 0 aliphatic carbocycles. The molecule has 1 unspecified atom stereocenters. The molecule has 8 heteroatoms. The van der Waals surface area contributed by atoms with Gasteiger partial charge in [0.2, 0.25) is 5.91 Å². The number of amides is 1. The van der Waals surface area contributed by atoms with E-state index in [9.17, 15) is 9.59 Å². The maximum Gasteiger partial charge on any atom is 0.347 e. The van der Waals surface area contributed by atoms with E-state index in [2.05, 4.69) is 20.7 Å². The lowest BCUT2D eigenvalue weighted by molar-refractivity contribution is -0.122. The Morgan fingerprint density at radius 2 is 2.29 bits per heavy atom. The number of aromatic nitrogens is 3. The standard InChI is InChI=1S/C16H16N4O2S2/c1-11-9-24-15(18-11)13(7-12-3-6-23-10-12)19-14(21)8-20-5-2-4-17-16(20)22/h2-6,9-10,13H,7-8H2,1H3,(H,19,21). The first-order valence-electron chi connectivity index (χ1n) is 7.36. The Morgan fingerprint density at radius 1 is 1.42 bits per heavy atom. The van der Waals surface area contributed by atoms with E-state index in [1.165, 1.54) is 22.1 Å². The molecule has 1 atom stereocenters. The number of thiophene rings is 1. The number of nitrogens with zero attached hydrogens (tertiary/aromatic N) is 3. The second-order valence-electron chi connectivity index (χ2n) is 5.31. The van der Waals surface area contributed by atoms with Gasteiger partial charge in [0, 0.05) is 29.9 Å². The SMILES string of the molecule is Cc1csc(C(Cc2ccsc2)NC(=O)Cn2cccnc2=O)n1. The van der Waals surface area contributed by atoms with Gasteiger partial charge in [0.25, 0.3) is 0 Å². The molecule has 0 aromatic carbocycles. The van der Waals surface area contributed by atoms with Crippen molar-refractivity contribution in [1.82, 2.24) is 19.9 Å². The molecular weight excluding hydrogens is 344 g/mol. The van der Waals surface area contributed by atoms with Crippen molar-refractivity contribution in [1.29, 1.82) is 0 Å². The summed E-state index contributed by atoms with van der Waals surface area (Å²) in [6.07, 6.45) is 3.63. The molecule has 3 aromatic rings. The summed E-state index contributed by atoms with van der Waals surface area (Å²) in [5.74, 6) is -0.238. The third-order valence-corrected chi connectivity index (χ3v) is 5.20.